The van der Waals surface area contributed by atoms with E-state index in [4.69, 9.17) is 21.2 Å². The highest BCUT2D eigenvalue weighted by Gasteiger charge is 2.25. The van der Waals surface area contributed by atoms with Crippen molar-refractivity contribution in [3.63, 3.8) is 0 Å². The molecule has 5 nitrogen and oxygen atoms in total. The molecule has 0 fully saturated rings. The fraction of sp³-hybridized carbons (Fsp3) is 0.0702. The van der Waals surface area contributed by atoms with Gasteiger partial charge in [-0.15, -0.1) is 0 Å². The van der Waals surface area contributed by atoms with E-state index < -0.39 is 66.8 Å². The third-order valence-corrected chi connectivity index (χ3v) is 11.8. The number of rotatable bonds is 5. The fourth-order valence-corrected chi connectivity index (χ4v) is 9.06. The molecule has 0 aliphatic carbocycles. The Kier molecular flexibility index (Phi) is 5.41. The monoisotopic (exact) mass is 813 g/mol. The molecule has 8 aromatic carbocycles. The second-order valence-electron chi connectivity index (χ2n) is 15.4. The molecule has 0 amide bonds. The molecule has 0 spiro atoms. The van der Waals surface area contributed by atoms with E-state index in [1.807, 2.05) is 29.2 Å². The van der Waals surface area contributed by atoms with Gasteiger partial charge < -0.3 is 14.2 Å². The molecular weight excluding hydrogens is 757 g/mol. The lowest BCUT2D eigenvalue weighted by Crippen LogP contribution is -2.14. The van der Waals surface area contributed by atoms with E-state index in [9.17, 15) is 4.11 Å². The number of ether oxygens (including phenoxy) is 1. The van der Waals surface area contributed by atoms with Crippen LogP contribution < -0.4 is 9.64 Å². The zero-order chi connectivity index (χ0) is 54.4. The molecule has 11 aromatic rings. The number of benzene rings is 8. The van der Waals surface area contributed by atoms with Crippen LogP contribution >= 0.6 is 0 Å². The summed E-state index contributed by atoms with van der Waals surface area (Å²) in [4.78, 5) is 6.52. The molecule has 5 heteroatoms. The molecule has 0 saturated carbocycles. The van der Waals surface area contributed by atoms with Gasteiger partial charge in [0.05, 0.1) is 44.2 Å². The minimum atomic E-state index is -2.95. The Morgan fingerprint density at radius 1 is 0.565 bits per heavy atom. The van der Waals surface area contributed by atoms with Crippen molar-refractivity contribution >= 4 is 76.5 Å². The van der Waals surface area contributed by atoms with E-state index in [1.165, 1.54) is 10.6 Å². The van der Waals surface area contributed by atoms with Gasteiger partial charge in [-0.25, -0.2) is 4.98 Å². The Balaban J connectivity index is 1.06. The highest BCUT2D eigenvalue weighted by atomic mass is 16.5. The molecule has 0 saturated heterocycles. The second kappa shape index (κ2) is 14.1. The number of aromatic nitrogens is 3. The van der Waals surface area contributed by atoms with E-state index in [0.29, 0.717) is 5.39 Å². The second-order valence-corrected chi connectivity index (χ2v) is 15.4. The fourth-order valence-electron chi connectivity index (χ4n) is 9.06. The maximum absolute atomic E-state index is 9.42. The quantitative estimate of drug-likeness (QED) is 0.174. The van der Waals surface area contributed by atoms with Crippen LogP contribution in [0.25, 0.3) is 82.1 Å². The summed E-state index contributed by atoms with van der Waals surface area (Å²) in [6, 6.07) is 28.2. The van der Waals surface area contributed by atoms with Gasteiger partial charge in [0, 0.05) is 55.2 Å². The van der Waals surface area contributed by atoms with E-state index in [2.05, 4.69) is 78.0 Å². The Labute approximate surface area is 380 Å². The van der Waals surface area contributed by atoms with Crippen molar-refractivity contribution < 1.29 is 25.3 Å². The van der Waals surface area contributed by atoms with Gasteiger partial charge in [0.1, 0.15) is 24.0 Å². The lowest BCUT2D eigenvalue weighted by molar-refractivity contribution is 0.483. The van der Waals surface area contributed by atoms with Crippen LogP contribution in [0.4, 0.5) is 11.4 Å². The predicted molar refractivity (Wildman–Crippen MR) is 259 cm³/mol. The Bertz CT molecular complexity index is 4500. The number of pyridine rings is 1. The van der Waals surface area contributed by atoms with Gasteiger partial charge in [0.2, 0.25) is 0 Å². The van der Waals surface area contributed by atoms with Crippen LogP contribution in [0.3, 0.4) is 0 Å². The minimum Gasteiger partial charge on any atom is -0.457 e. The van der Waals surface area contributed by atoms with Crippen molar-refractivity contribution in [2.75, 3.05) is 4.90 Å². The largest absolute Gasteiger partial charge is 0.457 e. The first-order valence-corrected chi connectivity index (χ1v) is 20.1. The number of fused-ring (bicyclic) bond motifs is 10. The van der Waals surface area contributed by atoms with Crippen molar-refractivity contribution in [2.45, 2.75) is 27.4 Å². The summed E-state index contributed by atoms with van der Waals surface area (Å²) in [5.74, 6) is -0.135. The number of anilines is 2. The zero-order valence-electron chi connectivity index (χ0n) is 48.4. The molecule has 4 heterocycles. The van der Waals surface area contributed by atoms with Gasteiger partial charge in [0.25, 0.3) is 0 Å². The maximum Gasteiger partial charge on any atom is 0.137 e. The molecule has 1 aliphatic rings. The summed E-state index contributed by atoms with van der Waals surface area (Å²) < 4.78 is 141. The number of hydrogen-bond donors (Lipinski definition) is 0. The van der Waals surface area contributed by atoms with Crippen LogP contribution in [0.1, 0.15) is 37.3 Å². The molecule has 296 valence electrons. The summed E-state index contributed by atoms with van der Waals surface area (Å²) in [5, 5.41) is 6.60. The summed E-state index contributed by atoms with van der Waals surface area (Å²) in [5.41, 5.74) is 4.09. The minimum absolute atomic E-state index is 0.0625. The SMILES string of the molecule is [2H]c1c(Oc2ccc3c4c([2H])c([2H])c([2H])c([2H])c4n(-c4cc(C([2H])([2H])[2H])c(-c5c([2H])c([2H])c([2H])c([2H])c5[2H])cn4)c3c2)cc(N2Cn3c4c(C)cccc4c4cc(C)ccc4c4ccccc4c4cccc2c43)c([2H])c1[2H]. The number of nitrogens with zero attached hydrogens (tertiary/aromatic N) is 4. The average Bonchev–Trinajstić information content (AvgIpc) is 4.22. The van der Waals surface area contributed by atoms with Gasteiger partial charge in [-0.3, -0.25) is 4.57 Å². The Morgan fingerprint density at radius 2 is 1.32 bits per heavy atom. The Morgan fingerprint density at radius 3 is 2.19 bits per heavy atom. The average molecular weight is 814 g/mol. The van der Waals surface area contributed by atoms with Gasteiger partial charge in [-0.05, 0) is 101 Å². The molecule has 62 heavy (non-hydrogen) atoms. The summed E-state index contributed by atoms with van der Waals surface area (Å²) in [6.45, 7) is 1.43. The smallest absolute Gasteiger partial charge is 0.137 e. The van der Waals surface area contributed by atoms with Crippen molar-refractivity contribution in [3.8, 4) is 28.4 Å². The first kappa shape index (κ1) is 23.8. The van der Waals surface area contributed by atoms with Gasteiger partial charge in [0.15, 0.2) is 0 Å². The number of para-hydroxylation sites is 3. The third kappa shape index (κ3) is 5.66. The van der Waals surface area contributed by atoms with Gasteiger partial charge >= 0.3 is 0 Å². The molecule has 0 atom stereocenters. The molecule has 0 unspecified atom stereocenters. The van der Waals surface area contributed by atoms with Crippen LogP contribution in [0.15, 0.2) is 188 Å². The lowest BCUT2D eigenvalue weighted by atomic mass is 9.99. The van der Waals surface area contributed by atoms with Gasteiger partial charge in [-0.2, -0.15) is 0 Å². The third-order valence-electron chi connectivity index (χ3n) is 11.8. The first-order valence-electron chi connectivity index (χ1n) is 27.6. The van der Waals surface area contributed by atoms with Crippen molar-refractivity contribution in [1.29, 1.82) is 0 Å². The molecular formula is C57H42N4O. The number of aryl methyl sites for hydroxylation is 3. The van der Waals surface area contributed by atoms with E-state index in [0.717, 1.165) is 72.4 Å². The number of hydrogen-bond acceptors (Lipinski definition) is 3. The van der Waals surface area contributed by atoms with E-state index >= 15 is 0 Å². The van der Waals surface area contributed by atoms with Crippen LogP contribution in [-0.4, -0.2) is 14.1 Å². The zero-order valence-corrected chi connectivity index (χ0v) is 33.4. The maximum atomic E-state index is 9.42. The standard InChI is InChI=1S/C57H42N4O/c1-36-26-28-45-43-19-7-8-20-44(43)48-23-13-25-53-57(48)60(56-37(2)14-11-22-49(56)50(45)30-36)35-59(53)40-17-12-18-41(32-40)62-42-27-29-47-46-21-9-10-24-52(46)61(54(47)33-42)55-31-38(3)51(34-58-55)39-15-5-4-6-16-39/h4-34H,35H2,1-3H3/i3D3,4D,5D,6D,9D,10D,12D,15D,16D,17D,18D,21D,24D. The van der Waals surface area contributed by atoms with Gasteiger partial charge in [-0.1, -0.05) is 133 Å². The molecule has 0 radical (unpaired) electrons. The van der Waals surface area contributed by atoms with Crippen LogP contribution in [-0.2, 0) is 6.67 Å². The highest BCUT2D eigenvalue weighted by molar-refractivity contribution is 6.21. The molecule has 12 rings (SSSR count). The first-order chi connectivity index (χ1) is 36.7. The topological polar surface area (TPSA) is 35.2 Å². The summed E-state index contributed by atoms with van der Waals surface area (Å²) in [7, 11) is 0. The summed E-state index contributed by atoms with van der Waals surface area (Å²) >= 11 is 0. The molecule has 0 N–H and O–H groups in total. The van der Waals surface area contributed by atoms with Crippen molar-refractivity contribution in [1.82, 2.24) is 14.1 Å². The summed E-state index contributed by atoms with van der Waals surface area (Å²) in [6.07, 6.45) is 1.08. The van der Waals surface area contributed by atoms with Crippen molar-refractivity contribution in [2.24, 2.45) is 0 Å². The van der Waals surface area contributed by atoms with Crippen LogP contribution in [0.5, 0.6) is 11.5 Å². The molecule has 1 aliphatic heterocycles. The van der Waals surface area contributed by atoms with Crippen LogP contribution in [0.2, 0.25) is 0 Å². The van der Waals surface area contributed by atoms with E-state index in [-0.39, 0.29) is 75.3 Å². The molecule has 3 aromatic heterocycles. The predicted octanol–water partition coefficient (Wildman–Crippen LogP) is 15.2. The van der Waals surface area contributed by atoms with E-state index in [1.54, 1.807) is 18.2 Å². The highest BCUT2D eigenvalue weighted by Crippen LogP contribution is 2.44. The normalized spacial score (nSPS) is 16.0. The molecule has 0 bridgehead atoms. The van der Waals surface area contributed by atoms with Crippen molar-refractivity contribution in [3.05, 3.63) is 205 Å². The van der Waals surface area contributed by atoms with Crippen LogP contribution in [0, 0.1) is 20.7 Å². The lowest BCUT2D eigenvalue weighted by Gasteiger charge is -2.21. The Hall–Kier alpha value is -7.89.